The Hall–Kier alpha value is -4.01. The number of quaternary nitrogens is 1. The maximum Gasteiger partial charge on any atom is 0.213 e. The van der Waals surface area contributed by atoms with Crippen LogP contribution in [0.4, 0.5) is 22.7 Å². The predicted molar refractivity (Wildman–Crippen MR) is 164 cm³/mol. The van der Waals surface area contributed by atoms with E-state index in [1.165, 1.54) is 39.6 Å². The molecule has 2 unspecified atom stereocenters. The zero-order valence-corrected chi connectivity index (χ0v) is 23.5. The van der Waals surface area contributed by atoms with Gasteiger partial charge >= 0.3 is 0 Å². The van der Waals surface area contributed by atoms with Crippen LogP contribution < -0.4 is 9.05 Å². The maximum atomic E-state index is 2.55. The number of nitrogens with zero attached hydrogens (tertiary/aromatic N) is 2. The zero-order valence-electron chi connectivity index (χ0n) is 23.5. The molecule has 1 aromatic heterocycles. The quantitative estimate of drug-likeness (QED) is 0.158. The first kappa shape index (κ1) is 25.3. The third kappa shape index (κ3) is 3.55. The van der Waals surface area contributed by atoms with Gasteiger partial charge in [-0.05, 0) is 25.0 Å². The molecule has 2 heteroatoms. The van der Waals surface area contributed by atoms with Gasteiger partial charge in [0.1, 0.15) is 22.7 Å². The molecular formula is C37H38N2+2. The fourth-order valence-corrected chi connectivity index (χ4v) is 7.06. The molecule has 0 radical (unpaired) electrons. The SMILES string of the molecule is CCC1(C)c2ccc([N+](c3ccccc3)(c3ccccc3)c3ccccc3)cc2-c2cccc[n+]2C1(C)CC. The molecule has 1 aliphatic rings. The summed E-state index contributed by atoms with van der Waals surface area (Å²) in [7, 11) is 0. The Balaban J connectivity index is 1.73. The molecule has 0 fully saturated rings. The summed E-state index contributed by atoms with van der Waals surface area (Å²) >= 11 is 0. The van der Waals surface area contributed by atoms with Gasteiger partial charge in [-0.15, -0.1) is 0 Å². The Labute approximate surface area is 233 Å². The van der Waals surface area contributed by atoms with Gasteiger partial charge in [0.05, 0.1) is 11.0 Å². The molecule has 0 amide bonds. The van der Waals surface area contributed by atoms with Crippen molar-refractivity contribution in [1.82, 2.24) is 4.48 Å². The highest BCUT2D eigenvalue weighted by Crippen LogP contribution is 2.55. The number of hydrogen-bond acceptors (Lipinski definition) is 0. The Bertz CT molecular complexity index is 1500. The van der Waals surface area contributed by atoms with E-state index in [-0.39, 0.29) is 11.0 Å². The van der Waals surface area contributed by atoms with Crippen molar-refractivity contribution in [2.75, 3.05) is 0 Å². The summed E-state index contributed by atoms with van der Waals surface area (Å²) in [5.41, 5.74) is 8.90. The van der Waals surface area contributed by atoms with Gasteiger partial charge in [-0.25, -0.2) is 0 Å². The normalized spacial score (nSPS) is 20.2. The van der Waals surface area contributed by atoms with Crippen molar-refractivity contribution in [3.63, 3.8) is 0 Å². The minimum atomic E-state index is -0.0168. The highest BCUT2D eigenvalue weighted by Gasteiger charge is 2.56. The molecule has 0 N–H and O–H groups in total. The second-order valence-electron chi connectivity index (χ2n) is 11.2. The van der Waals surface area contributed by atoms with Gasteiger partial charge in [-0.3, -0.25) is 0 Å². The second-order valence-corrected chi connectivity index (χ2v) is 11.2. The van der Waals surface area contributed by atoms with Crippen LogP contribution in [0.25, 0.3) is 11.3 Å². The molecule has 0 bridgehead atoms. The van der Waals surface area contributed by atoms with Gasteiger partial charge in [0.15, 0.2) is 11.7 Å². The highest BCUT2D eigenvalue weighted by atomic mass is 15.4. The minimum absolute atomic E-state index is 0.00344. The average Bonchev–Trinajstić information content (AvgIpc) is 3.02. The Morgan fingerprint density at radius 3 is 1.56 bits per heavy atom. The lowest BCUT2D eigenvalue weighted by molar-refractivity contribution is -0.765. The van der Waals surface area contributed by atoms with Gasteiger partial charge in [-0.1, -0.05) is 74.5 Å². The molecule has 0 aliphatic carbocycles. The van der Waals surface area contributed by atoms with Crippen LogP contribution >= 0.6 is 0 Å². The standard InChI is InChI=1S/C37H38N2/c1-5-36(3)34-26-25-32(28-33(34)35-24-16-17-27-38(35)37(36,4)6-2)39(29-18-10-7-11-19-29,30-20-12-8-13-21-30)31-22-14-9-15-23-31/h7-28H,5-6H2,1-4H3/q+2. The number of rotatable bonds is 6. The van der Waals surface area contributed by atoms with Crippen molar-refractivity contribution < 1.29 is 4.57 Å². The van der Waals surface area contributed by atoms with Crippen LogP contribution in [0.2, 0.25) is 0 Å². The van der Waals surface area contributed by atoms with E-state index in [0.29, 0.717) is 4.48 Å². The molecule has 2 atom stereocenters. The molecule has 4 aromatic carbocycles. The van der Waals surface area contributed by atoms with Crippen LogP contribution in [0.1, 0.15) is 46.1 Å². The number of pyridine rings is 1. The summed E-state index contributed by atoms with van der Waals surface area (Å²) in [5.74, 6) is 0. The maximum absolute atomic E-state index is 2.55. The summed E-state index contributed by atoms with van der Waals surface area (Å²) < 4.78 is 3.06. The Morgan fingerprint density at radius 2 is 1.08 bits per heavy atom. The molecule has 0 saturated heterocycles. The van der Waals surface area contributed by atoms with E-state index >= 15 is 0 Å². The number of hydrogen-bond donors (Lipinski definition) is 0. The first-order valence-electron chi connectivity index (χ1n) is 14.2. The molecule has 5 aromatic rings. The van der Waals surface area contributed by atoms with Crippen molar-refractivity contribution in [1.29, 1.82) is 0 Å². The number of para-hydroxylation sites is 3. The first-order valence-corrected chi connectivity index (χ1v) is 14.2. The predicted octanol–water partition coefficient (Wildman–Crippen LogP) is 9.75. The van der Waals surface area contributed by atoms with Crippen molar-refractivity contribution in [3.05, 3.63) is 139 Å². The number of aromatic nitrogens is 1. The molecule has 0 spiro atoms. The monoisotopic (exact) mass is 510 g/mol. The molecular weight excluding hydrogens is 472 g/mol. The van der Waals surface area contributed by atoms with Gasteiger partial charge < -0.3 is 0 Å². The molecule has 194 valence electrons. The van der Waals surface area contributed by atoms with E-state index in [0.717, 1.165) is 12.8 Å². The molecule has 2 heterocycles. The lowest BCUT2D eigenvalue weighted by Crippen LogP contribution is -2.67. The molecule has 6 rings (SSSR count). The van der Waals surface area contributed by atoms with Gasteiger partial charge in [0, 0.05) is 74.0 Å². The van der Waals surface area contributed by atoms with Crippen molar-refractivity contribution in [2.45, 2.75) is 51.5 Å². The van der Waals surface area contributed by atoms with Crippen LogP contribution in [0.3, 0.4) is 0 Å². The summed E-state index contributed by atoms with van der Waals surface area (Å²) in [5, 5.41) is 0. The fourth-order valence-electron chi connectivity index (χ4n) is 7.06. The van der Waals surface area contributed by atoms with Crippen LogP contribution in [0.15, 0.2) is 134 Å². The summed E-state index contributed by atoms with van der Waals surface area (Å²) in [6, 6.07) is 46.7. The van der Waals surface area contributed by atoms with Crippen LogP contribution in [-0.2, 0) is 11.0 Å². The highest BCUT2D eigenvalue weighted by molar-refractivity contribution is 5.84. The van der Waals surface area contributed by atoms with Gasteiger partial charge in [0.2, 0.25) is 5.69 Å². The Kier molecular flexibility index (Phi) is 6.24. The van der Waals surface area contributed by atoms with Crippen molar-refractivity contribution >= 4 is 22.7 Å². The third-order valence-corrected chi connectivity index (χ3v) is 9.67. The Morgan fingerprint density at radius 1 is 0.564 bits per heavy atom. The van der Waals surface area contributed by atoms with E-state index in [2.05, 4.69) is 166 Å². The molecule has 0 saturated carbocycles. The topological polar surface area (TPSA) is 3.88 Å². The summed E-state index contributed by atoms with van der Waals surface area (Å²) in [4.78, 5) is 0. The van der Waals surface area contributed by atoms with Gasteiger partial charge in [0.25, 0.3) is 0 Å². The molecule has 1 aliphatic heterocycles. The van der Waals surface area contributed by atoms with Crippen molar-refractivity contribution in [3.8, 4) is 11.3 Å². The number of benzene rings is 4. The average molecular weight is 511 g/mol. The van der Waals surface area contributed by atoms with E-state index in [1.54, 1.807) is 0 Å². The van der Waals surface area contributed by atoms with Crippen LogP contribution in [0, 0.1) is 0 Å². The number of fused-ring (bicyclic) bond motifs is 3. The van der Waals surface area contributed by atoms with E-state index in [1.807, 2.05) is 0 Å². The van der Waals surface area contributed by atoms with Crippen LogP contribution in [0.5, 0.6) is 0 Å². The second kappa shape index (κ2) is 9.63. The lowest BCUT2D eigenvalue weighted by atomic mass is 9.60. The zero-order chi connectivity index (χ0) is 27.1. The fraction of sp³-hybridized carbons (Fsp3) is 0.216. The summed E-state index contributed by atoms with van der Waals surface area (Å²) in [6.07, 6.45) is 4.43. The third-order valence-electron chi connectivity index (χ3n) is 9.67. The van der Waals surface area contributed by atoms with E-state index in [4.69, 9.17) is 0 Å². The molecule has 39 heavy (non-hydrogen) atoms. The van der Waals surface area contributed by atoms with Crippen LogP contribution in [-0.4, -0.2) is 0 Å². The smallest absolute Gasteiger partial charge is 0.194 e. The van der Waals surface area contributed by atoms with Crippen molar-refractivity contribution in [2.24, 2.45) is 0 Å². The van der Waals surface area contributed by atoms with E-state index in [9.17, 15) is 0 Å². The van der Waals surface area contributed by atoms with E-state index < -0.39 is 0 Å². The minimum Gasteiger partial charge on any atom is -0.194 e. The largest absolute Gasteiger partial charge is 0.213 e. The van der Waals surface area contributed by atoms with Gasteiger partial charge in [-0.2, -0.15) is 9.05 Å². The molecule has 2 nitrogen and oxygen atoms in total. The lowest BCUT2D eigenvalue weighted by Gasteiger charge is -2.46. The first-order chi connectivity index (χ1) is 19.0. The summed E-state index contributed by atoms with van der Waals surface area (Å²) in [6.45, 7) is 9.58.